The molecule has 0 bridgehead atoms. The summed E-state index contributed by atoms with van der Waals surface area (Å²) in [5, 5.41) is 8.88. The van der Waals surface area contributed by atoms with Crippen LogP contribution in [0, 0.1) is 17.1 Å². The molecule has 0 spiro atoms. The molecule has 1 amide bonds. The van der Waals surface area contributed by atoms with Gasteiger partial charge in [-0.25, -0.2) is 4.39 Å². The maximum Gasteiger partial charge on any atom is 0.248 e. The minimum Gasteiger partial charge on any atom is -0.456 e. The molecule has 0 aliphatic rings. The van der Waals surface area contributed by atoms with Gasteiger partial charge >= 0.3 is 0 Å². The van der Waals surface area contributed by atoms with Crippen LogP contribution in [0.25, 0.3) is 0 Å². The molecular weight excluding hydrogens is 247 g/mol. The van der Waals surface area contributed by atoms with Gasteiger partial charge in [0.05, 0.1) is 5.56 Å². The summed E-state index contributed by atoms with van der Waals surface area (Å²) in [6.07, 6.45) is 0. The molecule has 0 heterocycles. The maximum absolute atomic E-state index is 13.0. The Hall–Kier alpha value is -2.87. The lowest BCUT2D eigenvalue weighted by atomic mass is 10.2. The summed E-state index contributed by atoms with van der Waals surface area (Å²) in [4.78, 5) is 10.9. The summed E-state index contributed by atoms with van der Waals surface area (Å²) < 4.78 is 18.4. The van der Waals surface area contributed by atoms with Crippen LogP contribution in [-0.2, 0) is 0 Å². The van der Waals surface area contributed by atoms with E-state index in [1.807, 2.05) is 6.07 Å². The Morgan fingerprint density at radius 2 is 1.89 bits per heavy atom. The zero-order chi connectivity index (χ0) is 13.8. The Kier molecular flexibility index (Phi) is 3.44. The first-order valence-corrected chi connectivity index (χ1v) is 5.37. The highest BCUT2D eigenvalue weighted by Gasteiger charge is 2.07. The van der Waals surface area contributed by atoms with E-state index in [9.17, 15) is 9.18 Å². The normalized spacial score (nSPS) is 9.68. The molecule has 0 aliphatic heterocycles. The number of ether oxygens (including phenoxy) is 1. The highest BCUT2D eigenvalue weighted by atomic mass is 19.1. The molecule has 2 rings (SSSR count). The second-order valence-corrected chi connectivity index (χ2v) is 3.74. The number of nitrogens with two attached hydrogens (primary N) is 1. The predicted molar refractivity (Wildman–Crippen MR) is 66.1 cm³/mol. The number of halogens is 1. The van der Waals surface area contributed by atoms with E-state index in [0.29, 0.717) is 11.3 Å². The van der Waals surface area contributed by atoms with Gasteiger partial charge in [0.25, 0.3) is 0 Å². The lowest BCUT2D eigenvalue weighted by Gasteiger charge is -2.07. The molecular formula is C14H9FN2O2. The van der Waals surface area contributed by atoms with E-state index in [4.69, 9.17) is 15.7 Å². The van der Waals surface area contributed by atoms with Crippen molar-refractivity contribution in [1.29, 1.82) is 5.26 Å². The number of amides is 1. The summed E-state index contributed by atoms with van der Waals surface area (Å²) in [5.74, 6) is -0.372. The maximum atomic E-state index is 13.0. The second-order valence-electron chi connectivity index (χ2n) is 3.74. The average Bonchev–Trinajstić information content (AvgIpc) is 2.41. The van der Waals surface area contributed by atoms with Gasteiger partial charge in [0.1, 0.15) is 23.4 Å². The van der Waals surface area contributed by atoms with Gasteiger partial charge in [0.2, 0.25) is 5.91 Å². The molecule has 0 aromatic heterocycles. The van der Waals surface area contributed by atoms with Crippen molar-refractivity contribution in [2.45, 2.75) is 0 Å². The fourth-order valence-electron chi connectivity index (χ4n) is 1.49. The summed E-state index contributed by atoms with van der Waals surface area (Å²) in [7, 11) is 0. The van der Waals surface area contributed by atoms with Crippen LogP contribution < -0.4 is 10.5 Å². The van der Waals surface area contributed by atoms with Crippen LogP contribution in [0.1, 0.15) is 15.9 Å². The van der Waals surface area contributed by atoms with Crippen molar-refractivity contribution in [1.82, 2.24) is 0 Å². The van der Waals surface area contributed by atoms with E-state index in [0.717, 1.165) is 6.07 Å². The molecule has 4 nitrogen and oxygen atoms in total. The zero-order valence-corrected chi connectivity index (χ0v) is 9.76. The van der Waals surface area contributed by atoms with Crippen molar-refractivity contribution in [3.8, 4) is 17.6 Å². The molecule has 0 saturated heterocycles. The number of benzene rings is 2. The molecule has 94 valence electrons. The quantitative estimate of drug-likeness (QED) is 0.916. The Labute approximate surface area is 108 Å². The third-order valence-electron chi connectivity index (χ3n) is 2.43. The SMILES string of the molecule is N#Cc1cc(F)ccc1Oc1ccc(C(N)=O)cc1. The zero-order valence-electron chi connectivity index (χ0n) is 9.76. The van der Waals surface area contributed by atoms with Crippen LogP contribution in [0.5, 0.6) is 11.5 Å². The number of hydrogen-bond acceptors (Lipinski definition) is 3. The smallest absolute Gasteiger partial charge is 0.248 e. The Bertz CT molecular complexity index is 660. The van der Waals surface area contributed by atoms with Gasteiger partial charge in [-0.2, -0.15) is 5.26 Å². The van der Waals surface area contributed by atoms with Crippen molar-refractivity contribution < 1.29 is 13.9 Å². The topological polar surface area (TPSA) is 76.1 Å². The number of carbonyl (C=O) groups is 1. The minimum atomic E-state index is -0.536. The molecule has 2 aromatic carbocycles. The van der Waals surface area contributed by atoms with Crippen molar-refractivity contribution in [3.63, 3.8) is 0 Å². The van der Waals surface area contributed by atoms with Gasteiger partial charge < -0.3 is 10.5 Å². The van der Waals surface area contributed by atoms with E-state index in [1.165, 1.54) is 24.3 Å². The Morgan fingerprint density at radius 3 is 2.47 bits per heavy atom. The van der Waals surface area contributed by atoms with Crippen molar-refractivity contribution in [2.75, 3.05) is 0 Å². The fourth-order valence-corrected chi connectivity index (χ4v) is 1.49. The van der Waals surface area contributed by atoms with E-state index in [1.54, 1.807) is 12.1 Å². The molecule has 0 radical (unpaired) electrons. The molecule has 2 aromatic rings. The molecule has 0 unspecified atom stereocenters. The average molecular weight is 256 g/mol. The third kappa shape index (κ3) is 2.87. The molecule has 0 fully saturated rings. The summed E-state index contributed by atoms with van der Waals surface area (Å²) in [6.45, 7) is 0. The van der Waals surface area contributed by atoms with E-state index >= 15 is 0 Å². The van der Waals surface area contributed by atoms with Gasteiger partial charge in [-0.15, -0.1) is 0 Å². The lowest BCUT2D eigenvalue weighted by molar-refractivity contribution is 0.100. The monoisotopic (exact) mass is 256 g/mol. The first-order valence-electron chi connectivity index (χ1n) is 5.37. The number of rotatable bonds is 3. The molecule has 0 aliphatic carbocycles. The second kappa shape index (κ2) is 5.19. The van der Waals surface area contributed by atoms with Crippen molar-refractivity contribution >= 4 is 5.91 Å². The number of nitrogens with zero attached hydrogens (tertiary/aromatic N) is 1. The minimum absolute atomic E-state index is 0.0963. The summed E-state index contributed by atoms with van der Waals surface area (Å²) in [6, 6.07) is 11.6. The Morgan fingerprint density at radius 1 is 1.21 bits per heavy atom. The lowest BCUT2D eigenvalue weighted by Crippen LogP contribution is -2.10. The van der Waals surface area contributed by atoms with Crippen LogP contribution in [0.15, 0.2) is 42.5 Å². The largest absolute Gasteiger partial charge is 0.456 e. The molecule has 5 heteroatoms. The molecule has 2 N–H and O–H groups in total. The van der Waals surface area contributed by atoms with Gasteiger partial charge in [-0.05, 0) is 42.5 Å². The summed E-state index contributed by atoms with van der Waals surface area (Å²) in [5.41, 5.74) is 5.56. The van der Waals surface area contributed by atoms with Crippen LogP contribution in [-0.4, -0.2) is 5.91 Å². The van der Waals surface area contributed by atoms with E-state index < -0.39 is 11.7 Å². The van der Waals surface area contributed by atoms with Crippen LogP contribution in [0.4, 0.5) is 4.39 Å². The van der Waals surface area contributed by atoms with Crippen LogP contribution in [0.2, 0.25) is 0 Å². The molecule has 19 heavy (non-hydrogen) atoms. The standard InChI is InChI=1S/C14H9FN2O2/c15-11-3-6-13(10(7-11)8-16)19-12-4-1-9(2-5-12)14(17)18/h1-7H,(H2,17,18). The van der Waals surface area contributed by atoms with Gasteiger partial charge in [0.15, 0.2) is 0 Å². The van der Waals surface area contributed by atoms with E-state index in [2.05, 4.69) is 0 Å². The number of primary amides is 1. The highest BCUT2D eigenvalue weighted by Crippen LogP contribution is 2.25. The third-order valence-corrected chi connectivity index (χ3v) is 2.43. The van der Waals surface area contributed by atoms with Crippen LogP contribution >= 0.6 is 0 Å². The molecule has 0 atom stereocenters. The summed E-state index contributed by atoms with van der Waals surface area (Å²) >= 11 is 0. The van der Waals surface area contributed by atoms with Crippen molar-refractivity contribution in [3.05, 3.63) is 59.4 Å². The molecule has 0 saturated carbocycles. The van der Waals surface area contributed by atoms with Gasteiger partial charge in [-0.1, -0.05) is 0 Å². The predicted octanol–water partition coefficient (Wildman–Crippen LogP) is 2.59. The number of carbonyl (C=O) groups excluding carboxylic acids is 1. The highest BCUT2D eigenvalue weighted by molar-refractivity contribution is 5.92. The van der Waals surface area contributed by atoms with Crippen molar-refractivity contribution in [2.24, 2.45) is 5.73 Å². The van der Waals surface area contributed by atoms with Crippen LogP contribution in [0.3, 0.4) is 0 Å². The Balaban J connectivity index is 2.26. The fraction of sp³-hybridized carbons (Fsp3) is 0. The number of nitriles is 1. The van der Waals surface area contributed by atoms with Gasteiger partial charge in [-0.3, -0.25) is 4.79 Å². The first kappa shape index (κ1) is 12.6. The van der Waals surface area contributed by atoms with E-state index in [-0.39, 0.29) is 11.3 Å². The first-order chi connectivity index (χ1) is 9.10. The number of hydrogen-bond donors (Lipinski definition) is 1. The van der Waals surface area contributed by atoms with Gasteiger partial charge in [0, 0.05) is 5.56 Å².